The van der Waals surface area contributed by atoms with Crippen molar-refractivity contribution < 1.29 is 22.4 Å². The van der Waals surface area contributed by atoms with Crippen LogP contribution >= 0.6 is 0 Å². The summed E-state index contributed by atoms with van der Waals surface area (Å²) in [5.74, 6) is -1.37. The van der Waals surface area contributed by atoms with E-state index in [2.05, 4.69) is 5.32 Å². The zero-order chi connectivity index (χ0) is 31.7. The molecule has 1 unspecified atom stereocenters. The molecule has 0 aromatic heterocycles. The largest absolute Gasteiger partial charge is 0.352 e. The third kappa shape index (κ3) is 8.11. The first-order valence-corrected chi connectivity index (χ1v) is 16.1. The molecule has 1 N–H and O–H groups in total. The maximum absolute atomic E-state index is 14.5. The molecule has 0 fully saturated rings. The normalized spacial score (nSPS) is 12.0. The summed E-state index contributed by atoms with van der Waals surface area (Å²) < 4.78 is 43.2. The number of sulfonamides is 1. The number of nitrogens with one attached hydrogen (secondary N) is 1. The van der Waals surface area contributed by atoms with E-state index in [4.69, 9.17) is 0 Å². The summed E-state index contributed by atoms with van der Waals surface area (Å²) in [6.07, 6.45) is 0.737. The Morgan fingerprint density at radius 3 is 2.00 bits per heavy atom. The third-order valence-corrected chi connectivity index (χ3v) is 8.99. The van der Waals surface area contributed by atoms with Crippen molar-refractivity contribution >= 4 is 27.5 Å². The minimum atomic E-state index is -4.18. The van der Waals surface area contributed by atoms with E-state index in [0.29, 0.717) is 17.7 Å². The summed E-state index contributed by atoms with van der Waals surface area (Å²) in [5.41, 5.74) is 2.57. The summed E-state index contributed by atoms with van der Waals surface area (Å²) in [7, 11) is -4.18. The molecule has 230 valence electrons. The Morgan fingerprint density at radius 2 is 1.39 bits per heavy atom. The number of hydrogen-bond donors (Lipinski definition) is 1. The van der Waals surface area contributed by atoms with Gasteiger partial charge in [0.1, 0.15) is 18.4 Å². The Kier molecular flexibility index (Phi) is 10.9. The number of aryl methyl sites for hydroxylation is 1. The molecular weight excluding hydrogens is 577 g/mol. The number of hydrogen-bond acceptors (Lipinski definition) is 4. The maximum atomic E-state index is 14.5. The fourth-order valence-corrected chi connectivity index (χ4v) is 6.48. The molecule has 0 aliphatic rings. The highest BCUT2D eigenvalue weighted by molar-refractivity contribution is 7.92. The second-order valence-electron chi connectivity index (χ2n) is 10.8. The van der Waals surface area contributed by atoms with Gasteiger partial charge in [-0.05, 0) is 67.3 Å². The molecule has 0 radical (unpaired) electrons. The molecule has 4 aromatic carbocycles. The molecule has 1 atom stereocenters. The fraction of sp³-hybridized carbons (Fsp3) is 0.257. The predicted octanol–water partition coefficient (Wildman–Crippen LogP) is 5.75. The van der Waals surface area contributed by atoms with Gasteiger partial charge in [0.05, 0.1) is 10.6 Å². The lowest BCUT2D eigenvalue weighted by Gasteiger charge is -2.34. The molecule has 0 heterocycles. The van der Waals surface area contributed by atoms with Gasteiger partial charge in [0, 0.05) is 19.0 Å². The number of benzene rings is 4. The summed E-state index contributed by atoms with van der Waals surface area (Å²) in [6, 6.07) is 28.9. The zero-order valence-electron chi connectivity index (χ0n) is 25.2. The van der Waals surface area contributed by atoms with Crippen LogP contribution in [-0.2, 0) is 39.0 Å². The smallest absolute Gasteiger partial charge is 0.264 e. The van der Waals surface area contributed by atoms with Crippen LogP contribution in [0.3, 0.4) is 0 Å². The highest BCUT2D eigenvalue weighted by Crippen LogP contribution is 2.28. The van der Waals surface area contributed by atoms with Crippen molar-refractivity contribution in [3.63, 3.8) is 0 Å². The lowest BCUT2D eigenvalue weighted by atomic mass is 10.0. The van der Waals surface area contributed by atoms with E-state index in [-0.39, 0.29) is 29.8 Å². The summed E-state index contributed by atoms with van der Waals surface area (Å²) in [5, 5.41) is 2.93. The number of anilines is 1. The van der Waals surface area contributed by atoms with Gasteiger partial charge >= 0.3 is 0 Å². The number of amides is 2. The molecule has 0 spiro atoms. The molecule has 0 saturated carbocycles. The van der Waals surface area contributed by atoms with Gasteiger partial charge in [0.15, 0.2) is 0 Å². The average molecular weight is 616 g/mol. The standard InChI is InChI=1S/C35H38FN3O4S/c1-4-29-15-11-12-18-32(29)39(44(42,43)31-16-9-6-10-17-31)25-34(40)38(24-28-19-21-30(36)22-20-28)33(35(41)37-26(2)3)23-27-13-7-5-8-14-27/h5-22,26,33H,4,23-25H2,1-3H3,(H,37,41). The van der Waals surface area contributed by atoms with E-state index in [1.807, 2.05) is 63.2 Å². The number of rotatable bonds is 13. The quantitative estimate of drug-likeness (QED) is 0.208. The molecule has 7 nitrogen and oxygen atoms in total. The average Bonchev–Trinajstić information content (AvgIpc) is 3.02. The van der Waals surface area contributed by atoms with Crippen molar-refractivity contribution in [1.82, 2.24) is 10.2 Å². The van der Waals surface area contributed by atoms with Crippen molar-refractivity contribution in [2.24, 2.45) is 0 Å². The molecule has 9 heteroatoms. The second-order valence-corrected chi connectivity index (χ2v) is 12.7. The lowest BCUT2D eigenvalue weighted by Crippen LogP contribution is -2.54. The number of para-hydroxylation sites is 1. The highest BCUT2D eigenvalue weighted by Gasteiger charge is 2.35. The monoisotopic (exact) mass is 615 g/mol. The van der Waals surface area contributed by atoms with E-state index in [0.717, 1.165) is 15.4 Å². The molecular formula is C35H38FN3O4S. The Bertz CT molecular complexity index is 1650. The van der Waals surface area contributed by atoms with Crippen molar-refractivity contribution in [2.75, 3.05) is 10.8 Å². The lowest BCUT2D eigenvalue weighted by molar-refractivity contribution is -0.140. The summed E-state index contributed by atoms with van der Waals surface area (Å²) >= 11 is 0. The Balaban J connectivity index is 1.82. The van der Waals surface area contributed by atoms with Crippen LogP contribution in [0.25, 0.3) is 0 Å². The SMILES string of the molecule is CCc1ccccc1N(CC(=O)N(Cc1ccc(F)cc1)C(Cc1ccccc1)C(=O)NC(C)C)S(=O)(=O)c1ccccc1. The van der Waals surface area contributed by atoms with Crippen LogP contribution in [0.15, 0.2) is 114 Å². The third-order valence-electron chi connectivity index (χ3n) is 7.22. The minimum absolute atomic E-state index is 0.0310. The van der Waals surface area contributed by atoms with E-state index >= 15 is 0 Å². The van der Waals surface area contributed by atoms with Crippen LogP contribution in [0.2, 0.25) is 0 Å². The van der Waals surface area contributed by atoms with Gasteiger partial charge in [-0.3, -0.25) is 13.9 Å². The van der Waals surface area contributed by atoms with E-state index in [1.165, 1.54) is 29.2 Å². The number of nitrogens with zero attached hydrogens (tertiary/aromatic N) is 2. The molecule has 44 heavy (non-hydrogen) atoms. The maximum Gasteiger partial charge on any atom is 0.264 e. The first kappa shape index (κ1) is 32.4. The van der Waals surface area contributed by atoms with Crippen molar-refractivity contribution in [3.8, 4) is 0 Å². The van der Waals surface area contributed by atoms with Gasteiger partial charge in [0.25, 0.3) is 10.0 Å². The number of carbonyl (C=O) groups is 2. The zero-order valence-corrected chi connectivity index (χ0v) is 26.0. The summed E-state index contributed by atoms with van der Waals surface area (Å²) in [4.78, 5) is 29.6. The van der Waals surface area contributed by atoms with Gasteiger partial charge in [-0.25, -0.2) is 12.8 Å². The second kappa shape index (κ2) is 14.8. The van der Waals surface area contributed by atoms with Crippen molar-refractivity contribution in [2.45, 2.75) is 57.1 Å². The van der Waals surface area contributed by atoms with E-state index in [1.54, 1.807) is 42.5 Å². The molecule has 4 rings (SSSR count). The molecule has 0 bridgehead atoms. The summed E-state index contributed by atoms with van der Waals surface area (Å²) in [6.45, 7) is 5.01. The van der Waals surface area contributed by atoms with Crippen LogP contribution in [0.5, 0.6) is 0 Å². The van der Waals surface area contributed by atoms with Crippen LogP contribution in [-0.4, -0.2) is 43.8 Å². The van der Waals surface area contributed by atoms with Crippen molar-refractivity contribution in [1.29, 1.82) is 0 Å². The van der Waals surface area contributed by atoms with Crippen LogP contribution in [0.1, 0.15) is 37.5 Å². The van der Waals surface area contributed by atoms with Crippen LogP contribution in [0, 0.1) is 5.82 Å². The molecule has 0 saturated heterocycles. The first-order chi connectivity index (χ1) is 21.1. The van der Waals surface area contributed by atoms with E-state index < -0.39 is 34.3 Å². The molecule has 0 aliphatic heterocycles. The van der Waals surface area contributed by atoms with Gasteiger partial charge in [-0.1, -0.05) is 85.8 Å². The minimum Gasteiger partial charge on any atom is -0.352 e. The van der Waals surface area contributed by atoms with Crippen LogP contribution < -0.4 is 9.62 Å². The molecule has 2 amide bonds. The van der Waals surface area contributed by atoms with Gasteiger partial charge in [-0.15, -0.1) is 0 Å². The number of halogens is 1. The Labute approximate surface area is 259 Å². The Hall–Kier alpha value is -4.50. The fourth-order valence-electron chi connectivity index (χ4n) is 5.01. The van der Waals surface area contributed by atoms with Crippen molar-refractivity contribution in [3.05, 3.63) is 132 Å². The molecule has 4 aromatic rings. The van der Waals surface area contributed by atoms with E-state index in [9.17, 15) is 22.4 Å². The highest BCUT2D eigenvalue weighted by atomic mass is 32.2. The van der Waals surface area contributed by atoms with Gasteiger partial charge < -0.3 is 10.2 Å². The molecule has 0 aliphatic carbocycles. The van der Waals surface area contributed by atoms with Gasteiger partial charge in [0.2, 0.25) is 11.8 Å². The van der Waals surface area contributed by atoms with Gasteiger partial charge in [-0.2, -0.15) is 0 Å². The van der Waals surface area contributed by atoms with Crippen LogP contribution in [0.4, 0.5) is 10.1 Å². The predicted molar refractivity (Wildman–Crippen MR) is 171 cm³/mol. The first-order valence-electron chi connectivity index (χ1n) is 14.6. The Morgan fingerprint density at radius 1 is 0.795 bits per heavy atom. The topological polar surface area (TPSA) is 86.8 Å². The number of carbonyl (C=O) groups excluding carboxylic acids is 2.